The van der Waals surface area contributed by atoms with Gasteiger partial charge in [-0.3, -0.25) is 0 Å². The molecule has 0 spiro atoms. The quantitative estimate of drug-likeness (QED) is 0.824. The van der Waals surface area contributed by atoms with Crippen molar-refractivity contribution in [3.63, 3.8) is 0 Å². The Balaban J connectivity index is 2.07. The van der Waals surface area contributed by atoms with Gasteiger partial charge in [0, 0.05) is 5.25 Å². The molecule has 1 aliphatic carbocycles. The second-order valence-corrected chi connectivity index (χ2v) is 6.29. The highest BCUT2D eigenvalue weighted by atomic mass is 32.2. The third-order valence-corrected chi connectivity index (χ3v) is 5.10. The van der Waals surface area contributed by atoms with Crippen LogP contribution in [0.1, 0.15) is 44.1 Å². The summed E-state index contributed by atoms with van der Waals surface area (Å²) in [5, 5.41) is 10.3. The molecular formula is C14H20N2OS. The summed E-state index contributed by atoms with van der Waals surface area (Å²) >= 11 is 1.65. The van der Waals surface area contributed by atoms with Crippen LogP contribution < -0.4 is 0 Å². The van der Waals surface area contributed by atoms with Crippen molar-refractivity contribution in [2.75, 3.05) is 0 Å². The summed E-state index contributed by atoms with van der Waals surface area (Å²) in [5.41, 5.74) is 0.953. The van der Waals surface area contributed by atoms with Crippen LogP contribution in [0.4, 0.5) is 0 Å². The number of nitriles is 1. The van der Waals surface area contributed by atoms with Gasteiger partial charge in [0.25, 0.3) is 5.22 Å². The van der Waals surface area contributed by atoms with Crippen LogP contribution in [-0.2, 0) is 0 Å². The number of oxazole rings is 1. The molecule has 18 heavy (non-hydrogen) atoms. The molecule has 1 aromatic rings. The smallest absolute Gasteiger partial charge is 0.256 e. The number of nitrogens with zero attached hydrogens (tertiary/aromatic N) is 2. The Labute approximate surface area is 113 Å². The van der Waals surface area contributed by atoms with Crippen molar-refractivity contribution in [1.82, 2.24) is 4.98 Å². The van der Waals surface area contributed by atoms with Crippen LogP contribution >= 0.6 is 11.8 Å². The second kappa shape index (κ2) is 5.79. The van der Waals surface area contributed by atoms with Gasteiger partial charge in [-0.05, 0) is 39.0 Å². The number of aryl methyl sites for hydroxylation is 2. The van der Waals surface area contributed by atoms with E-state index in [-0.39, 0.29) is 5.92 Å². The Morgan fingerprint density at radius 1 is 1.44 bits per heavy atom. The highest BCUT2D eigenvalue weighted by Crippen LogP contribution is 2.40. The monoisotopic (exact) mass is 264 g/mol. The third kappa shape index (κ3) is 2.89. The summed E-state index contributed by atoms with van der Waals surface area (Å²) in [4.78, 5) is 4.41. The van der Waals surface area contributed by atoms with E-state index in [1.54, 1.807) is 11.8 Å². The zero-order valence-corrected chi connectivity index (χ0v) is 12.1. The van der Waals surface area contributed by atoms with Gasteiger partial charge in [-0.15, -0.1) is 0 Å². The molecule has 1 saturated carbocycles. The minimum atomic E-state index is 0.144. The van der Waals surface area contributed by atoms with Gasteiger partial charge in [-0.25, -0.2) is 4.98 Å². The normalized spacial score (nSPS) is 28.0. The van der Waals surface area contributed by atoms with Gasteiger partial charge in [-0.1, -0.05) is 25.1 Å². The van der Waals surface area contributed by atoms with E-state index < -0.39 is 0 Å². The molecule has 3 atom stereocenters. The molecule has 0 bridgehead atoms. The number of hydrogen-bond donors (Lipinski definition) is 0. The topological polar surface area (TPSA) is 49.8 Å². The Morgan fingerprint density at radius 2 is 2.22 bits per heavy atom. The van der Waals surface area contributed by atoms with E-state index in [2.05, 4.69) is 18.0 Å². The van der Waals surface area contributed by atoms with Crippen LogP contribution in [0.5, 0.6) is 0 Å². The van der Waals surface area contributed by atoms with Crippen LogP contribution in [0.25, 0.3) is 0 Å². The minimum absolute atomic E-state index is 0.144. The van der Waals surface area contributed by atoms with Gasteiger partial charge in [0.2, 0.25) is 0 Å². The Kier molecular flexibility index (Phi) is 4.34. The number of aromatic nitrogens is 1. The molecule has 0 aliphatic heterocycles. The average molecular weight is 264 g/mol. The fourth-order valence-corrected chi connectivity index (χ4v) is 3.84. The lowest BCUT2D eigenvalue weighted by Gasteiger charge is -2.30. The number of hydrogen-bond acceptors (Lipinski definition) is 4. The summed E-state index contributed by atoms with van der Waals surface area (Å²) in [7, 11) is 0. The van der Waals surface area contributed by atoms with E-state index in [9.17, 15) is 5.26 Å². The molecule has 1 aromatic heterocycles. The first-order valence-electron chi connectivity index (χ1n) is 6.64. The lowest BCUT2D eigenvalue weighted by molar-refractivity contribution is 0.315. The fourth-order valence-electron chi connectivity index (χ4n) is 2.48. The van der Waals surface area contributed by atoms with Gasteiger partial charge in [-0.2, -0.15) is 5.26 Å². The highest BCUT2D eigenvalue weighted by Gasteiger charge is 2.31. The molecule has 1 aliphatic rings. The SMILES string of the molecule is CCC1CCC(C#N)C(Sc2nc(C)c(C)o2)C1. The highest BCUT2D eigenvalue weighted by molar-refractivity contribution is 7.99. The first-order valence-corrected chi connectivity index (χ1v) is 7.52. The van der Waals surface area contributed by atoms with Crippen LogP contribution in [-0.4, -0.2) is 10.2 Å². The van der Waals surface area contributed by atoms with Gasteiger partial charge < -0.3 is 4.42 Å². The fraction of sp³-hybridized carbons (Fsp3) is 0.714. The largest absolute Gasteiger partial charge is 0.437 e. The summed E-state index contributed by atoms with van der Waals surface area (Å²) in [6.07, 6.45) is 4.53. The molecule has 3 nitrogen and oxygen atoms in total. The van der Waals surface area contributed by atoms with E-state index >= 15 is 0 Å². The molecule has 0 saturated heterocycles. The standard InChI is InChI=1S/C14H20N2OS/c1-4-11-5-6-12(8-15)13(7-11)18-14-16-9(2)10(3)17-14/h11-13H,4-7H2,1-3H3. The third-order valence-electron chi connectivity index (χ3n) is 3.90. The molecule has 4 heteroatoms. The van der Waals surface area contributed by atoms with Crippen molar-refractivity contribution < 1.29 is 4.42 Å². The summed E-state index contributed by atoms with van der Waals surface area (Å²) in [5.74, 6) is 1.78. The molecule has 0 aromatic carbocycles. The van der Waals surface area contributed by atoms with Gasteiger partial charge in [0.1, 0.15) is 5.76 Å². The number of thioether (sulfide) groups is 1. The van der Waals surface area contributed by atoms with Crippen LogP contribution in [0, 0.1) is 37.0 Å². The molecule has 0 radical (unpaired) electrons. The maximum Gasteiger partial charge on any atom is 0.256 e. The predicted molar refractivity (Wildman–Crippen MR) is 72.4 cm³/mol. The van der Waals surface area contributed by atoms with Crippen LogP contribution in [0.3, 0.4) is 0 Å². The van der Waals surface area contributed by atoms with Gasteiger partial charge >= 0.3 is 0 Å². The maximum absolute atomic E-state index is 9.24. The summed E-state index contributed by atoms with van der Waals surface area (Å²) in [6, 6.07) is 2.45. The molecule has 0 N–H and O–H groups in total. The molecule has 2 rings (SSSR count). The molecule has 98 valence electrons. The first-order chi connectivity index (χ1) is 8.63. The maximum atomic E-state index is 9.24. The zero-order valence-electron chi connectivity index (χ0n) is 11.3. The predicted octanol–water partition coefficient (Wildman–Crippen LogP) is 4.10. The lowest BCUT2D eigenvalue weighted by atomic mass is 9.81. The van der Waals surface area contributed by atoms with E-state index in [1.807, 2.05) is 13.8 Å². The second-order valence-electron chi connectivity index (χ2n) is 5.10. The Bertz CT molecular complexity index is 430. The molecule has 0 amide bonds. The van der Waals surface area contributed by atoms with Crippen LogP contribution in [0.2, 0.25) is 0 Å². The Morgan fingerprint density at radius 3 is 2.78 bits per heavy atom. The Hall–Kier alpha value is -0.950. The van der Waals surface area contributed by atoms with Crippen molar-refractivity contribution >= 4 is 11.8 Å². The average Bonchev–Trinajstić information content (AvgIpc) is 2.68. The molecule has 1 fully saturated rings. The van der Waals surface area contributed by atoms with Crippen molar-refractivity contribution in [3.8, 4) is 6.07 Å². The van der Waals surface area contributed by atoms with E-state index in [4.69, 9.17) is 4.42 Å². The van der Waals surface area contributed by atoms with Gasteiger partial charge in [0.15, 0.2) is 0 Å². The van der Waals surface area contributed by atoms with Crippen molar-refractivity contribution in [2.24, 2.45) is 11.8 Å². The van der Waals surface area contributed by atoms with Crippen molar-refractivity contribution in [2.45, 2.75) is 56.9 Å². The molecule has 3 unspecified atom stereocenters. The molecular weight excluding hydrogens is 244 g/mol. The van der Waals surface area contributed by atoms with E-state index in [0.717, 1.165) is 35.4 Å². The van der Waals surface area contributed by atoms with Gasteiger partial charge in [0.05, 0.1) is 17.7 Å². The minimum Gasteiger partial charge on any atom is -0.437 e. The van der Waals surface area contributed by atoms with Crippen LogP contribution in [0.15, 0.2) is 9.64 Å². The molecule has 1 heterocycles. The lowest BCUT2D eigenvalue weighted by Crippen LogP contribution is -2.25. The zero-order chi connectivity index (χ0) is 13.1. The number of rotatable bonds is 3. The van der Waals surface area contributed by atoms with E-state index in [0.29, 0.717) is 5.25 Å². The van der Waals surface area contributed by atoms with Crippen molar-refractivity contribution in [3.05, 3.63) is 11.5 Å². The van der Waals surface area contributed by atoms with E-state index in [1.165, 1.54) is 12.8 Å². The summed E-state index contributed by atoms with van der Waals surface area (Å²) < 4.78 is 5.62. The first kappa shape index (κ1) is 13.5. The summed E-state index contributed by atoms with van der Waals surface area (Å²) in [6.45, 7) is 6.13. The van der Waals surface area contributed by atoms with Crippen molar-refractivity contribution in [1.29, 1.82) is 5.26 Å².